The summed E-state index contributed by atoms with van der Waals surface area (Å²) in [4.78, 5) is 8.35. The Labute approximate surface area is 103 Å². The molecule has 1 aliphatic rings. The summed E-state index contributed by atoms with van der Waals surface area (Å²) in [5.41, 5.74) is 2.57. The predicted octanol–water partition coefficient (Wildman–Crippen LogP) is 3.02. The van der Waals surface area contributed by atoms with E-state index in [1.165, 1.54) is 44.1 Å². The van der Waals surface area contributed by atoms with Crippen molar-refractivity contribution in [2.75, 3.05) is 7.05 Å². The summed E-state index contributed by atoms with van der Waals surface area (Å²) in [5, 5.41) is 3.38. The molecule has 0 bridgehead atoms. The van der Waals surface area contributed by atoms with E-state index in [9.17, 15) is 0 Å². The Morgan fingerprint density at radius 2 is 2.12 bits per heavy atom. The van der Waals surface area contributed by atoms with Crippen LogP contribution in [0.3, 0.4) is 0 Å². The van der Waals surface area contributed by atoms with E-state index in [1.807, 2.05) is 19.3 Å². The van der Waals surface area contributed by atoms with E-state index in [-0.39, 0.29) is 6.04 Å². The van der Waals surface area contributed by atoms with Crippen molar-refractivity contribution in [3.05, 3.63) is 35.9 Å². The molecule has 3 nitrogen and oxygen atoms in total. The van der Waals surface area contributed by atoms with Crippen molar-refractivity contribution in [3.63, 3.8) is 0 Å². The average Bonchev–Trinajstić information content (AvgIpc) is 2.34. The minimum Gasteiger partial charge on any atom is -0.308 e. The molecule has 0 saturated carbocycles. The van der Waals surface area contributed by atoms with Gasteiger partial charge in [0.2, 0.25) is 0 Å². The van der Waals surface area contributed by atoms with Gasteiger partial charge in [0, 0.05) is 6.20 Å². The van der Waals surface area contributed by atoms with Gasteiger partial charge in [0.1, 0.15) is 6.33 Å². The lowest BCUT2D eigenvalue weighted by molar-refractivity contribution is 0.566. The van der Waals surface area contributed by atoms with E-state index in [1.54, 1.807) is 6.33 Å². The molecular formula is C14H21N3. The van der Waals surface area contributed by atoms with E-state index in [0.29, 0.717) is 0 Å². The van der Waals surface area contributed by atoms with E-state index in [4.69, 9.17) is 0 Å². The molecule has 1 aromatic rings. The summed E-state index contributed by atoms with van der Waals surface area (Å²) >= 11 is 0. The fourth-order valence-electron chi connectivity index (χ4n) is 2.47. The van der Waals surface area contributed by atoms with Crippen LogP contribution in [0.2, 0.25) is 0 Å². The molecule has 0 aliphatic heterocycles. The highest BCUT2D eigenvalue weighted by molar-refractivity contribution is 5.21. The van der Waals surface area contributed by atoms with E-state index < -0.39 is 0 Å². The molecule has 0 amide bonds. The molecule has 0 spiro atoms. The number of aromatic nitrogens is 2. The first-order valence-electron chi connectivity index (χ1n) is 6.54. The summed E-state index contributed by atoms with van der Waals surface area (Å²) in [6.45, 7) is 0. The molecule has 17 heavy (non-hydrogen) atoms. The third kappa shape index (κ3) is 3.37. The quantitative estimate of drug-likeness (QED) is 0.813. The number of allylic oxidation sites excluding steroid dienone is 1. The monoisotopic (exact) mass is 231 g/mol. The van der Waals surface area contributed by atoms with Crippen LogP contribution in [0.15, 0.2) is 30.2 Å². The van der Waals surface area contributed by atoms with Crippen molar-refractivity contribution < 1.29 is 0 Å². The van der Waals surface area contributed by atoms with Crippen molar-refractivity contribution in [1.29, 1.82) is 0 Å². The normalized spacial score (nSPS) is 22.1. The van der Waals surface area contributed by atoms with Gasteiger partial charge >= 0.3 is 0 Å². The van der Waals surface area contributed by atoms with Gasteiger partial charge in [-0.25, -0.2) is 9.97 Å². The Kier molecular flexibility index (Phi) is 4.68. The van der Waals surface area contributed by atoms with Gasteiger partial charge in [0.05, 0.1) is 11.7 Å². The largest absolute Gasteiger partial charge is 0.308 e. The Balaban J connectivity index is 2.16. The van der Waals surface area contributed by atoms with Gasteiger partial charge in [-0.3, -0.25) is 0 Å². The SMILES string of the molecule is CNC(/C1=C/CCCCCC1)c1ccncn1. The zero-order valence-electron chi connectivity index (χ0n) is 10.5. The van der Waals surface area contributed by atoms with Crippen LogP contribution in [0, 0.1) is 0 Å². The molecule has 2 rings (SSSR count). The molecule has 1 atom stereocenters. The van der Waals surface area contributed by atoms with Gasteiger partial charge in [0.25, 0.3) is 0 Å². The Morgan fingerprint density at radius 1 is 1.24 bits per heavy atom. The minimum atomic E-state index is 0.260. The Morgan fingerprint density at radius 3 is 2.88 bits per heavy atom. The molecule has 92 valence electrons. The number of hydrogen-bond acceptors (Lipinski definition) is 3. The second-order valence-corrected chi connectivity index (χ2v) is 4.59. The number of nitrogens with one attached hydrogen (secondary N) is 1. The number of rotatable bonds is 3. The van der Waals surface area contributed by atoms with Gasteiger partial charge < -0.3 is 5.32 Å². The first kappa shape index (κ1) is 12.2. The van der Waals surface area contributed by atoms with Crippen molar-refractivity contribution >= 4 is 0 Å². The second kappa shape index (κ2) is 6.50. The zero-order valence-corrected chi connectivity index (χ0v) is 10.5. The number of hydrogen-bond donors (Lipinski definition) is 1. The van der Waals surface area contributed by atoms with Crippen LogP contribution in [0.25, 0.3) is 0 Å². The summed E-state index contributed by atoms with van der Waals surface area (Å²) in [6.07, 6.45) is 13.6. The van der Waals surface area contributed by atoms with Crippen molar-refractivity contribution in [3.8, 4) is 0 Å². The lowest BCUT2D eigenvalue weighted by Gasteiger charge is -2.21. The third-order valence-corrected chi connectivity index (χ3v) is 3.39. The molecule has 0 saturated heterocycles. The van der Waals surface area contributed by atoms with Crippen LogP contribution in [-0.2, 0) is 0 Å². The van der Waals surface area contributed by atoms with Crippen LogP contribution in [0.4, 0.5) is 0 Å². The lowest BCUT2D eigenvalue weighted by Crippen LogP contribution is -2.20. The maximum absolute atomic E-state index is 4.36. The van der Waals surface area contributed by atoms with Gasteiger partial charge in [-0.1, -0.05) is 24.5 Å². The van der Waals surface area contributed by atoms with Crippen LogP contribution in [0.5, 0.6) is 0 Å². The van der Waals surface area contributed by atoms with E-state index in [0.717, 1.165) is 5.69 Å². The minimum absolute atomic E-state index is 0.260. The molecule has 1 unspecified atom stereocenters. The van der Waals surface area contributed by atoms with Crippen LogP contribution in [-0.4, -0.2) is 17.0 Å². The van der Waals surface area contributed by atoms with Gasteiger partial charge in [-0.15, -0.1) is 0 Å². The second-order valence-electron chi connectivity index (χ2n) is 4.59. The maximum Gasteiger partial charge on any atom is 0.115 e. The summed E-state index contributed by atoms with van der Waals surface area (Å²) in [6, 6.07) is 2.26. The standard InChI is InChI=1S/C14H21N3/c1-15-14(13-9-10-16-11-17-13)12-7-5-3-2-4-6-8-12/h7,9-11,14-15H,2-6,8H2,1H3/b12-7+. The molecule has 3 heteroatoms. The summed E-state index contributed by atoms with van der Waals surface area (Å²) < 4.78 is 0. The molecular weight excluding hydrogens is 210 g/mol. The number of nitrogens with zero attached hydrogens (tertiary/aromatic N) is 2. The van der Waals surface area contributed by atoms with Gasteiger partial charge in [-0.2, -0.15) is 0 Å². The van der Waals surface area contributed by atoms with Crippen molar-refractivity contribution in [2.24, 2.45) is 0 Å². The fourth-order valence-corrected chi connectivity index (χ4v) is 2.47. The maximum atomic E-state index is 4.36. The topological polar surface area (TPSA) is 37.8 Å². The number of likely N-dealkylation sites (N-methyl/N-ethyl adjacent to an activating group) is 1. The zero-order chi connectivity index (χ0) is 11.9. The Hall–Kier alpha value is -1.22. The molecule has 0 fully saturated rings. The molecule has 1 heterocycles. The molecule has 1 N–H and O–H groups in total. The van der Waals surface area contributed by atoms with Crippen LogP contribution in [0.1, 0.15) is 50.3 Å². The molecule has 0 radical (unpaired) electrons. The predicted molar refractivity (Wildman–Crippen MR) is 69.6 cm³/mol. The first-order valence-corrected chi connectivity index (χ1v) is 6.54. The fraction of sp³-hybridized carbons (Fsp3) is 0.571. The van der Waals surface area contributed by atoms with Gasteiger partial charge in [-0.05, 0) is 38.8 Å². The molecule has 0 aromatic carbocycles. The summed E-state index contributed by atoms with van der Waals surface area (Å²) in [5.74, 6) is 0. The average molecular weight is 231 g/mol. The summed E-state index contributed by atoms with van der Waals surface area (Å²) in [7, 11) is 2.01. The van der Waals surface area contributed by atoms with Crippen molar-refractivity contribution in [1.82, 2.24) is 15.3 Å². The van der Waals surface area contributed by atoms with Crippen LogP contribution >= 0.6 is 0 Å². The molecule has 1 aromatic heterocycles. The lowest BCUT2D eigenvalue weighted by atomic mass is 9.93. The molecule has 1 aliphatic carbocycles. The van der Waals surface area contributed by atoms with Crippen molar-refractivity contribution in [2.45, 2.75) is 44.6 Å². The highest BCUT2D eigenvalue weighted by atomic mass is 14.9. The van der Waals surface area contributed by atoms with E-state index in [2.05, 4.69) is 21.4 Å². The van der Waals surface area contributed by atoms with E-state index >= 15 is 0 Å². The smallest absolute Gasteiger partial charge is 0.115 e. The van der Waals surface area contributed by atoms with Crippen LogP contribution < -0.4 is 5.32 Å². The third-order valence-electron chi connectivity index (χ3n) is 3.39. The van der Waals surface area contributed by atoms with Gasteiger partial charge in [0.15, 0.2) is 0 Å². The Bertz CT molecular complexity index is 359. The first-order chi connectivity index (χ1) is 8.42. The highest BCUT2D eigenvalue weighted by Gasteiger charge is 2.16. The highest BCUT2D eigenvalue weighted by Crippen LogP contribution is 2.27.